The van der Waals surface area contributed by atoms with Crippen LogP contribution in [0, 0.1) is 6.92 Å². The number of nitrogens with two attached hydrogens (primary N) is 1. The zero-order valence-electron chi connectivity index (χ0n) is 14.6. The van der Waals surface area contributed by atoms with Gasteiger partial charge >= 0.3 is 0 Å². The molecule has 7 nitrogen and oxygen atoms in total. The molecule has 1 aromatic heterocycles. The van der Waals surface area contributed by atoms with E-state index in [9.17, 15) is 4.79 Å². The van der Waals surface area contributed by atoms with Gasteiger partial charge in [0.1, 0.15) is 5.75 Å². The van der Waals surface area contributed by atoms with Gasteiger partial charge in [-0.05, 0) is 41.5 Å². The highest BCUT2D eigenvalue weighted by molar-refractivity contribution is 6.04. The number of amides is 1. The minimum absolute atomic E-state index is 0.195. The Morgan fingerprint density at radius 1 is 1.11 bits per heavy atom. The summed E-state index contributed by atoms with van der Waals surface area (Å²) in [6.07, 6.45) is 0. The number of ether oxygens (including phenoxy) is 1. The number of aromatic amines is 1. The van der Waals surface area contributed by atoms with E-state index in [-0.39, 0.29) is 6.61 Å². The number of carbonyl (C=O) groups is 1. The molecule has 0 aliphatic carbocycles. The SMILES string of the molecule is Cc1ccc(-c2c(OCc3nn[nH]n3)ccc3cc(C(N)=O)ccc23)cc1. The number of hydrogen-bond acceptors (Lipinski definition) is 5. The highest BCUT2D eigenvalue weighted by Gasteiger charge is 2.14. The number of nitrogens with one attached hydrogen (secondary N) is 1. The van der Waals surface area contributed by atoms with E-state index in [2.05, 4.69) is 32.8 Å². The number of rotatable bonds is 5. The Balaban J connectivity index is 1.85. The van der Waals surface area contributed by atoms with Crippen molar-refractivity contribution < 1.29 is 9.53 Å². The van der Waals surface area contributed by atoms with Gasteiger partial charge in [0, 0.05) is 11.1 Å². The summed E-state index contributed by atoms with van der Waals surface area (Å²) in [7, 11) is 0. The van der Waals surface area contributed by atoms with Gasteiger partial charge in [0.2, 0.25) is 11.7 Å². The molecule has 0 aliphatic rings. The van der Waals surface area contributed by atoms with Gasteiger partial charge in [-0.1, -0.05) is 47.2 Å². The van der Waals surface area contributed by atoms with Crippen molar-refractivity contribution in [2.45, 2.75) is 13.5 Å². The van der Waals surface area contributed by atoms with Crippen molar-refractivity contribution in [1.29, 1.82) is 0 Å². The van der Waals surface area contributed by atoms with Gasteiger partial charge in [0.05, 0.1) is 0 Å². The minimum Gasteiger partial charge on any atom is -0.485 e. The fourth-order valence-corrected chi connectivity index (χ4v) is 2.99. The molecule has 0 unspecified atom stereocenters. The van der Waals surface area contributed by atoms with Crippen molar-refractivity contribution in [3.63, 3.8) is 0 Å². The number of nitrogens with zero attached hydrogens (tertiary/aromatic N) is 3. The first-order valence-electron chi connectivity index (χ1n) is 8.40. The highest BCUT2D eigenvalue weighted by atomic mass is 16.5. The predicted molar refractivity (Wildman–Crippen MR) is 101 cm³/mol. The smallest absolute Gasteiger partial charge is 0.248 e. The quantitative estimate of drug-likeness (QED) is 0.570. The molecular weight excluding hydrogens is 342 g/mol. The van der Waals surface area contributed by atoms with Crippen LogP contribution in [0.15, 0.2) is 54.6 Å². The number of H-pyrrole nitrogens is 1. The topological polar surface area (TPSA) is 107 Å². The maximum atomic E-state index is 11.5. The second-order valence-electron chi connectivity index (χ2n) is 6.22. The van der Waals surface area contributed by atoms with Crippen molar-refractivity contribution in [3.05, 3.63) is 71.5 Å². The molecule has 0 aliphatic heterocycles. The summed E-state index contributed by atoms with van der Waals surface area (Å²) < 4.78 is 5.98. The molecule has 0 bridgehead atoms. The first-order valence-corrected chi connectivity index (χ1v) is 8.40. The van der Waals surface area contributed by atoms with E-state index in [1.807, 2.05) is 37.3 Å². The van der Waals surface area contributed by atoms with Crippen molar-refractivity contribution in [2.24, 2.45) is 5.73 Å². The Bertz CT molecular complexity index is 1110. The third-order valence-electron chi connectivity index (χ3n) is 4.35. The lowest BCUT2D eigenvalue weighted by atomic mass is 9.95. The summed E-state index contributed by atoms with van der Waals surface area (Å²) in [6.45, 7) is 2.24. The second-order valence-corrected chi connectivity index (χ2v) is 6.22. The van der Waals surface area contributed by atoms with Gasteiger partial charge in [-0.2, -0.15) is 5.21 Å². The standard InChI is InChI=1S/C20H17N5O2/c1-12-2-4-13(5-3-12)19-16-8-6-15(20(21)26)10-14(16)7-9-17(19)27-11-18-22-24-25-23-18/h2-10H,11H2,1H3,(H2,21,26)(H,22,23,24,25). The van der Waals surface area contributed by atoms with Gasteiger partial charge in [-0.25, -0.2) is 0 Å². The average Bonchev–Trinajstić information content (AvgIpc) is 3.20. The number of hydrogen-bond donors (Lipinski definition) is 2. The van der Waals surface area contributed by atoms with Gasteiger partial charge in [0.15, 0.2) is 6.61 Å². The third-order valence-corrected chi connectivity index (χ3v) is 4.35. The normalized spacial score (nSPS) is 10.9. The van der Waals surface area contributed by atoms with E-state index in [4.69, 9.17) is 10.5 Å². The van der Waals surface area contributed by atoms with Gasteiger partial charge in [-0.15, -0.1) is 10.2 Å². The number of aryl methyl sites for hydroxylation is 1. The van der Waals surface area contributed by atoms with Crippen LogP contribution in [0.25, 0.3) is 21.9 Å². The van der Waals surface area contributed by atoms with Crippen LogP contribution in [-0.2, 0) is 6.61 Å². The Morgan fingerprint density at radius 2 is 1.93 bits per heavy atom. The summed E-state index contributed by atoms with van der Waals surface area (Å²) in [4.78, 5) is 11.5. The first-order chi connectivity index (χ1) is 13.1. The first kappa shape index (κ1) is 16.7. The monoisotopic (exact) mass is 359 g/mol. The molecule has 7 heteroatoms. The van der Waals surface area contributed by atoms with E-state index < -0.39 is 5.91 Å². The molecule has 3 aromatic carbocycles. The molecule has 4 aromatic rings. The molecule has 0 radical (unpaired) electrons. The molecule has 0 atom stereocenters. The molecular formula is C20H17N5O2. The molecule has 0 saturated carbocycles. The second kappa shape index (κ2) is 6.87. The molecule has 134 valence electrons. The van der Waals surface area contributed by atoms with Crippen LogP contribution in [-0.4, -0.2) is 26.5 Å². The average molecular weight is 359 g/mol. The Morgan fingerprint density at radius 3 is 2.63 bits per heavy atom. The molecule has 3 N–H and O–H groups in total. The number of tetrazole rings is 1. The zero-order valence-corrected chi connectivity index (χ0v) is 14.6. The maximum absolute atomic E-state index is 11.5. The van der Waals surface area contributed by atoms with Crippen LogP contribution in [0.2, 0.25) is 0 Å². The van der Waals surface area contributed by atoms with E-state index >= 15 is 0 Å². The molecule has 4 rings (SSSR count). The van der Waals surface area contributed by atoms with Crippen LogP contribution >= 0.6 is 0 Å². The number of fused-ring (bicyclic) bond motifs is 1. The molecule has 1 heterocycles. The van der Waals surface area contributed by atoms with Gasteiger partial charge in [-0.3, -0.25) is 4.79 Å². The fourth-order valence-electron chi connectivity index (χ4n) is 2.99. The van der Waals surface area contributed by atoms with Crippen LogP contribution in [0.1, 0.15) is 21.7 Å². The third kappa shape index (κ3) is 3.35. The molecule has 0 fully saturated rings. The van der Waals surface area contributed by atoms with E-state index in [1.54, 1.807) is 12.1 Å². The maximum Gasteiger partial charge on any atom is 0.248 e. The van der Waals surface area contributed by atoms with E-state index in [1.165, 1.54) is 5.56 Å². The van der Waals surface area contributed by atoms with Crippen molar-refractivity contribution in [3.8, 4) is 16.9 Å². The molecule has 0 spiro atoms. The lowest BCUT2D eigenvalue weighted by Gasteiger charge is -2.14. The van der Waals surface area contributed by atoms with Crippen LogP contribution in [0.5, 0.6) is 5.75 Å². The Labute approximate surface area is 155 Å². The van der Waals surface area contributed by atoms with Crippen molar-refractivity contribution in [1.82, 2.24) is 20.6 Å². The molecule has 27 heavy (non-hydrogen) atoms. The number of aromatic nitrogens is 4. The van der Waals surface area contributed by atoms with Crippen LogP contribution in [0.4, 0.5) is 0 Å². The summed E-state index contributed by atoms with van der Waals surface area (Å²) in [5, 5.41) is 15.7. The van der Waals surface area contributed by atoms with Gasteiger partial charge < -0.3 is 10.5 Å². The van der Waals surface area contributed by atoms with Crippen molar-refractivity contribution >= 4 is 16.7 Å². The van der Waals surface area contributed by atoms with E-state index in [0.717, 1.165) is 21.9 Å². The lowest BCUT2D eigenvalue weighted by Crippen LogP contribution is -2.10. The zero-order chi connectivity index (χ0) is 18.8. The van der Waals surface area contributed by atoms with Crippen LogP contribution < -0.4 is 10.5 Å². The Hall–Kier alpha value is -3.74. The predicted octanol–water partition coefficient (Wildman–Crippen LogP) is 3.01. The molecule has 0 saturated heterocycles. The van der Waals surface area contributed by atoms with Crippen molar-refractivity contribution in [2.75, 3.05) is 0 Å². The lowest BCUT2D eigenvalue weighted by molar-refractivity contribution is 0.100. The summed E-state index contributed by atoms with van der Waals surface area (Å²) in [5.74, 6) is 0.711. The molecule has 1 amide bonds. The summed E-state index contributed by atoms with van der Waals surface area (Å²) in [6, 6.07) is 17.4. The number of benzene rings is 3. The number of primary amides is 1. The Kier molecular flexibility index (Phi) is 4.25. The minimum atomic E-state index is -0.453. The number of carbonyl (C=O) groups excluding carboxylic acids is 1. The summed E-state index contributed by atoms with van der Waals surface area (Å²) >= 11 is 0. The highest BCUT2D eigenvalue weighted by Crippen LogP contribution is 2.38. The van der Waals surface area contributed by atoms with Crippen LogP contribution in [0.3, 0.4) is 0 Å². The fraction of sp³-hybridized carbons (Fsp3) is 0.100. The largest absolute Gasteiger partial charge is 0.485 e. The van der Waals surface area contributed by atoms with E-state index in [0.29, 0.717) is 17.1 Å². The van der Waals surface area contributed by atoms with Gasteiger partial charge in [0.25, 0.3) is 0 Å². The summed E-state index contributed by atoms with van der Waals surface area (Å²) in [5.41, 5.74) is 9.01.